The van der Waals surface area contributed by atoms with E-state index in [1.807, 2.05) is 25.1 Å². The molecule has 1 aromatic heterocycles. The number of halogens is 1. The van der Waals surface area contributed by atoms with Crippen LogP contribution in [-0.2, 0) is 9.59 Å². The molecule has 2 aromatic rings. The van der Waals surface area contributed by atoms with Gasteiger partial charge in [0.15, 0.2) is 27.1 Å². The van der Waals surface area contributed by atoms with Gasteiger partial charge in [-0.15, -0.1) is 0 Å². The van der Waals surface area contributed by atoms with E-state index in [1.54, 1.807) is 6.07 Å². The van der Waals surface area contributed by atoms with Crippen molar-refractivity contribution in [2.75, 3.05) is 11.1 Å². The lowest BCUT2D eigenvalue weighted by atomic mass is 10.2. The molecule has 0 unspecified atom stereocenters. The number of rotatable bonds is 4. The van der Waals surface area contributed by atoms with Crippen molar-refractivity contribution in [1.82, 2.24) is 5.32 Å². The first-order chi connectivity index (χ1) is 13.8. The van der Waals surface area contributed by atoms with Crippen LogP contribution < -0.4 is 10.6 Å². The average Bonchev–Trinajstić information content (AvgIpc) is 3.09. The Kier molecular flexibility index (Phi) is 6.39. The van der Waals surface area contributed by atoms with E-state index >= 15 is 0 Å². The normalized spacial score (nSPS) is 15.1. The average molecular weight is 476 g/mol. The molecule has 0 aliphatic carbocycles. The van der Waals surface area contributed by atoms with Gasteiger partial charge < -0.3 is 9.73 Å². The van der Waals surface area contributed by atoms with E-state index in [0.717, 1.165) is 17.3 Å². The summed E-state index contributed by atoms with van der Waals surface area (Å²) in [6.07, 6.45) is 0. The molecule has 0 atom stereocenters. The number of carbonyl (C=O) groups is 3. The minimum atomic E-state index is -0.811. The summed E-state index contributed by atoms with van der Waals surface area (Å²) in [6, 6.07) is 10.2. The number of aliphatic imine (C=N–C) groups is 2. The number of aryl methyl sites for hydroxylation is 1. The topological polar surface area (TPSA) is 137 Å². The van der Waals surface area contributed by atoms with Gasteiger partial charge in [-0.2, -0.15) is 4.99 Å². The van der Waals surface area contributed by atoms with Crippen molar-refractivity contribution in [3.8, 4) is 0 Å². The van der Waals surface area contributed by atoms with E-state index in [-0.39, 0.29) is 22.6 Å². The van der Waals surface area contributed by atoms with Gasteiger partial charge in [-0.1, -0.05) is 23.9 Å². The van der Waals surface area contributed by atoms with Gasteiger partial charge in [0.1, 0.15) is 0 Å². The van der Waals surface area contributed by atoms with Gasteiger partial charge in [0.25, 0.3) is 5.91 Å². The number of thioether (sulfide) groups is 1. The lowest BCUT2D eigenvalue weighted by molar-refractivity contribution is -0.114. The van der Waals surface area contributed by atoms with Crippen LogP contribution in [-0.4, -0.2) is 40.2 Å². The largest absolute Gasteiger partial charge is 0.444 e. The summed E-state index contributed by atoms with van der Waals surface area (Å²) in [5, 5.41) is 13.1. The van der Waals surface area contributed by atoms with Gasteiger partial charge >= 0.3 is 5.91 Å². The van der Waals surface area contributed by atoms with Crippen LogP contribution in [0.4, 0.5) is 5.69 Å². The van der Waals surface area contributed by atoms with Crippen LogP contribution >= 0.6 is 27.7 Å². The molecule has 2 heterocycles. The molecule has 3 amide bonds. The van der Waals surface area contributed by atoms with Gasteiger partial charge in [0, 0.05) is 5.69 Å². The third kappa shape index (κ3) is 5.48. The van der Waals surface area contributed by atoms with Gasteiger partial charge in [-0.3, -0.25) is 25.1 Å². The summed E-state index contributed by atoms with van der Waals surface area (Å²) in [5.74, 6) is -2.44. The minimum Gasteiger partial charge on any atom is -0.444 e. The first-order valence-electron chi connectivity index (χ1n) is 8.18. The monoisotopic (exact) mass is 475 g/mol. The molecule has 0 spiro atoms. The van der Waals surface area contributed by atoms with E-state index in [0.29, 0.717) is 10.4 Å². The molecule has 29 heavy (non-hydrogen) atoms. The highest BCUT2D eigenvalue weighted by Crippen LogP contribution is 2.16. The zero-order valence-corrected chi connectivity index (χ0v) is 17.4. The zero-order chi connectivity index (χ0) is 21.0. The van der Waals surface area contributed by atoms with Crippen molar-refractivity contribution in [2.45, 2.75) is 6.92 Å². The van der Waals surface area contributed by atoms with E-state index in [2.05, 4.69) is 36.5 Å². The number of nitrogens with zero attached hydrogens (tertiary/aromatic N) is 2. The number of amidine groups is 2. The van der Waals surface area contributed by atoms with Gasteiger partial charge in [0.2, 0.25) is 5.91 Å². The fourth-order valence-electron chi connectivity index (χ4n) is 2.26. The Hall–Kier alpha value is -3.05. The summed E-state index contributed by atoms with van der Waals surface area (Å²) in [6.45, 7) is 1.91. The van der Waals surface area contributed by atoms with Crippen LogP contribution in [0.2, 0.25) is 0 Å². The van der Waals surface area contributed by atoms with Crippen molar-refractivity contribution in [3.63, 3.8) is 0 Å². The standard InChI is InChI=1S/C18H14BrN5O4S/c1-9-3-2-4-10(7-9)21-13(25)8-29-18-23-15(20)14(17(27)24-18)22-16(26)11-5-6-12(19)28-11/h2-7H,8H2,1H3,(H,21,25)(H2,20,23,24,27). The molecular formula is C18H14BrN5O4S. The second-order valence-electron chi connectivity index (χ2n) is 5.80. The summed E-state index contributed by atoms with van der Waals surface area (Å²) in [7, 11) is 0. The number of nitrogens with one attached hydrogen (secondary N) is 3. The smallest absolute Gasteiger partial charge is 0.313 e. The Bertz CT molecular complexity index is 1080. The van der Waals surface area contributed by atoms with E-state index in [9.17, 15) is 14.4 Å². The van der Waals surface area contributed by atoms with Crippen molar-refractivity contribution in [3.05, 3.63) is 52.4 Å². The first kappa shape index (κ1) is 20.7. The lowest BCUT2D eigenvalue weighted by Gasteiger charge is -2.14. The molecule has 9 nitrogen and oxygen atoms in total. The fourth-order valence-corrected chi connectivity index (χ4v) is 3.23. The Balaban J connectivity index is 1.61. The molecule has 0 saturated carbocycles. The zero-order valence-electron chi connectivity index (χ0n) is 15.0. The number of hydrogen-bond acceptors (Lipinski definition) is 6. The number of carbonyl (C=O) groups excluding carboxylic acids is 3. The highest BCUT2D eigenvalue weighted by atomic mass is 79.9. The number of furan rings is 1. The molecule has 0 bridgehead atoms. The molecule has 1 aliphatic rings. The third-order valence-electron chi connectivity index (χ3n) is 3.51. The molecule has 3 rings (SSSR count). The second kappa shape index (κ2) is 8.97. The van der Waals surface area contributed by atoms with Crippen molar-refractivity contribution in [2.24, 2.45) is 9.98 Å². The maximum Gasteiger partial charge on any atom is 0.313 e. The van der Waals surface area contributed by atoms with E-state index in [4.69, 9.17) is 9.83 Å². The van der Waals surface area contributed by atoms with Gasteiger partial charge in [-0.25, -0.2) is 4.99 Å². The maximum absolute atomic E-state index is 12.2. The Morgan fingerprint density at radius 1 is 1.34 bits per heavy atom. The highest BCUT2D eigenvalue weighted by molar-refractivity contribution is 9.10. The van der Waals surface area contributed by atoms with Crippen molar-refractivity contribution < 1.29 is 18.8 Å². The molecule has 11 heteroatoms. The second-order valence-corrected chi connectivity index (χ2v) is 7.54. The summed E-state index contributed by atoms with van der Waals surface area (Å²) in [5.41, 5.74) is 1.24. The maximum atomic E-state index is 12.2. The fraction of sp³-hybridized carbons (Fsp3) is 0.111. The van der Waals surface area contributed by atoms with Crippen molar-refractivity contribution in [1.29, 1.82) is 5.41 Å². The molecule has 0 fully saturated rings. The van der Waals surface area contributed by atoms with Crippen LogP contribution in [0.15, 0.2) is 55.5 Å². The molecule has 1 aliphatic heterocycles. The lowest BCUT2D eigenvalue weighted by Crippen LogP contribution is -2.43. The van der Waals surface area contributed by atoms with Crippen LogP contribution in [0.3, 0.4) is 0 Å². The predicted molar refractivity (Wildman–Crippen MR) is 114 cm³/mol. The summed E-state index contributed by atoms with van der Waals surface area (Å²) in [4.78, 5) is 43.8. The van der Waals surface area contributed by atoms with Crippen molar-refractivity contribution >= 4 is 67.8 Å². The summed E-state index contributed by atoms with van der Waals surface area (Å²) >= 11 is 4.02. The quantitative estimate of drug-likeness (QED) is 0.623. The van der Waals surface area contributed by atoms with Gasteiger partial charge in [0.05, 0.1) is 5.75 Å². The van der Waals surface area contributed by atoms with E-state index < -0.39 is 23.4 Å². The van der Waals surface area contributed by atoms with Gasteiger partial charge in [-0.05, 0) is 52.7 Å². The minimum absolute atomic E-state index is 0.0217. The number of hydrogen-bond donors (Lipinski definition) is 3. The van der Waals surface area contributed by atoms with Crippen LogP contribution in [0.5, 0.6) is 0 Å². The third-order valence-corrected chi connectivity index (χ3v) is 4.81. The summed E-state index contributed by atoms with van der Waals surface area (Å²) < 4.78 is 5.41. The Morgan fingerprint density at radius 2 is 2.14 bits per heavy atom. The van der Waals surface area contributed by atoms with E-state index in [1.165, 1.54) is 12.1 Å². The van der Waals surface area contributed by atoms with Crippen LogP contribution in [0, 0.1) is 12.3 Å². The molecular weight excluding hydrogens is 462 g/mol. The predicted octanol–water partition coefficient (Wildman–Crippen LogP) is 2.77. The molecule has 0 radical (unpaired) electrons. The number of amides is 3. The molecule has 1 aromatic carbocycles. The molecule has 148 valence electrons. The van der Waals surface area contributed by atoms with Crippen LogP contribution in [0.1, 0.15) is 16.1 Å². The molecule has 0 saturated heterocycles. The Labute approximate surface area is 177 Å². The SMILES string of the molecule is Cc1cccc(NC(=O)CSC2=NC(=N)C(=NC(=O)c3ccc(Br)o3)C(=O)N2)c1. The highest BCUT2D eigenvalue weighted by Gasteiger charge is 2.27. The number of anilines is 1. The Morgan fingerprint density at radius 3 is 2.79 bits per heavy atom. The van der Waals surface area contributed by atoms with Crippen LogP contribution in [0.25, 0.3) is 0 Å². The first-order valence-corrected chi connectivity index (χ1v) is 9.96. The number of benzene rings is 1. The molecule has 3 N–H and O–H groups in total.